The van der Waals surface area contributed by atoms with E-state index in [-0.39, 0.29) is 0 Å². The van der Waals surface area contributed by atoms with Crippen LogP contribution in [0.5, 0.6) is 0 Å². The number of aryl methyl sites for hydroxylation is 2. The minimum atomic E-state index is 0.298. The van der Waals surface area contributed by atoms with E-state index in [1.54, 1.807) is 0 Å². The topological polar surface area (TPSA) is 43.8 Å². The molecule has 0 bridgehead atoms. The minimum absolute atomic E-state index is 0.298. The average molecular weight is 263 g/mol. The van der Waals surface area contributed by atoms with Crippen LogP contribution in [-0.4, -0.2) is 15.8 Å². The van der Waals surface area contributed by atoms with Gasteiger partial charge in [0.25, 0.3) is 0 Å². The lowest BCUT2D eigenvalue weighted by Gasteiger charge is -2.15. The lowest BCUT2D eigenvalue weighted by molar-refractivity contribution is 0.441. The summed E-state index contributed by atoms with van der Waals surface area (Å²) in [4.78, 5) is 0. The molecule has 1 fully saturated rings. The third-order valence-corrected chi connectivity index (χ3v) is 4.47. The van der Waals surface area contributed by atoms with Crippen molar-refractivity contribution < 1.29 is 0 Å². The summed E-state index contributed by atoms with van der Waals surface area (Å²) in [5.74, 6) is 0.952. The summed E-state index contributed by atoms with van der Waals surface area (Å²) in [5.41, 5.74) is 8.83. The van der Waals surface area contributed by atoms with Crippen molar-refractivity contribution in [3.05, 3.63) is 17.5 Å². The molecule has 1 unspecified atom stereocenters. The standard InChI is InChI=1S/C16H29N3/c1-3-15-12-16(19(4-2)18-15)11-14(17)10-9-13-7-5-6-8-13/h12-14H,3-11,17H2,1-2H3. The maximum Gasteiger partial charge on any atom is 0.0624 e. The van der Waals surface area contributed by atoms with Crippen LogP contribution in [-0.2, 0) is 19.4 Å². The molecule has 108 valence electrons. The van der Waals surface area contributed by atoms with Gasteiger partial charge in [0.15, 0.2) is 0 Å². The van der Waals surface area contributed by atoms with Crippen LogP contribution in [0.2, 0.25) is 0 Å². The van der Waals surface area contributed by atoms with Gasteiger partial charge in [-0.15, -0.1) is 0 Å². The molecule has 1 aromatic rings. The first-order valence-corrected chi connectivity index (χ1v) is 8.04. The Labute approximate surface area is 117 Å². The molecule has 2 N–H and O–H groups in total. The number of aromatic nitrogens is 2. The predicted octanol–water partition coefficient (Wildman–Crippen LogP) is 3.31. The third kappa shape index (κ3) is 4.07. The molecule has 3 heteroatoms. The highest BCUT2D eigenvalue weighted by Crippen LogP contribution is 2.29. The van der Waals surface area contributed by atoms with Crippen LogP contribution in [0.15, 0.2) is 6.07 Å². The molecule has 0 aromatic carbocycles. The van der Waals surface area contributed by atoms with Crippen LogP contribution in [0, 0.1) is 5.92 Å². The van der Waals surface area contributed by atoms with Gasteiger partial charge in [0, 0.05) is 24.7 Å². The summed E-state index contributed by atoms with van der Waals surface area (Å²) in [7, 11) is 0. The maximum absolute atomic E-state index is 6.32. The van der Waals surface area contributed by atoms with Crippen molar-refractivity contribution in [3.8, 4) is 0 Å². The second kappa shape index (κ2) is 7.09. The lowest BCUT2D eigenvalue weighted by atomic mass is 9.97. The van der Waals surface area contributed by atoms with Gasteiger partial charge in [0.1, 0.15) is 0 Å². The summed E-state index contributed by atoms with van der Waals surface area (Å²) in [6.45, 7) is 5.26. The molecule has 0 spiro atoms. The van der Waals surface area contributed by atoms with Gasteiger partial charge in [0.05, 0.1) is 5.69 Å². The van der Waals surface area contributed by atoms with E-state index in [0.717, 1.165) is 25.3 Å². The zero-order chi connectivity index (χ0) is 13.7. The molecule has 1 saturated carbocycles. The average Bonchev–Trinajstić information content (AvgIpc) is 3.05. The molecule has 3 nitrogen and oxygen atoms in total. The second-order valence-electron chi connectivity index (χ2n) is 5.99. The Hall–Kier alpha value is -0.830. The molecule has 1 aliphatic carbocycles. The molecular formula is C16H29N3. The van der Waals surface area contributed by atoms with Gasteiger partial charge in [-0.25, -0.2) is 0 Å². The Morgan fingerprint density at radius 1 is 1.37 bits per heavy atom. The summed E-state index contributed by atoms with van der Waals surface area (Å²) in [6.07, 6.45) is 10.2. The van der Waals surface area contributed by atoms with Crippen LogP contribution >= 0.6 is 0 Å². The summed E-state index contributed by atoms with van der Waals surface area (Å²) < 4.78 is 2.12. The minimum Gasteiger partial charge on any atom is -0.327 e. The number of hydrogen-bond acceptors (Lipinski definition) is 2. The number of nitrogens with two attached hydrogens (primary N) is 1. The van der Waals surface area contributed by atoms with E-state index in [1.807, 2.05) is 0 Å². The molecule has 1 aromatic heterocycles. The molecule has 1 aliphatic rings. The van der Waals surface area contributed by atoms with Crippen LogP contribution in [0.25, 0.3) is 0 Å². The molecule has 0 amide bonds. The largest absolute Gasteiger partial charge is 0.327 e. The Kier molecular flexibility index (Phi) is 5.44. The van der Waals surface area contributed by atoms with Crippen molar-refractivity contribution in [3.63, 3.8) is 0 Å². The fourth-order valence-corrected chi connectivity index (χ4v) is 3.25. The van der Waals surface area contributed by atoms with E-state index in [9.17, 15) is 0 Å². The molecule has 19 heavy (non-hydrogen) atoms. The van der Waals surface area contributed by atoms with Crippen molar-refractivity contribution in [2.24, 2.45) is 11.7 Å². The quantitative estimate of drug-likeness (QED) is 0.820. The molecule has 0 radical (unpaired) electrons. The van der Waals surface area contributed by atoms with E-state index in [2.05, 4.69) is 29.7 Å². The van der Waals surface area contributed by atoms with E-state index in [1.165, 1.54) is 49.9 Å². The van der Waals surface area contributed by atoms with Crippen LogP contribution in [0.3, 0.4) is 0 Å². The Morgan fingerprint density at radius 3 is 2.74 bits per heavy atom. The molecule has 0 aliphatic heterocycles. The highest BCUT2D eigenvalue weighted by atomic mass is 15.3. The van der Waals surface area contributed by atoms with Crippen LogP contribution in [0.1, 0.15) is 63.8 Å². The molecule has 0 saturated heterocycles. The molecule has 2 rings (SSSR count). The fourth-order valence-electron chi connectivity index (χ4n) is 3.25. The zero-order valence-electron chi connectivity index (χ0n) is 12.6. The summed E-state index contributed by atoms with van der Waals surface area (Å²) in [5, 5.41) is 4.60. The predicted molar refractivity (Wildman–Crippen MR) is 80.2 cm³/mol. The summed E-state index contributed by atoms with van der Waals surface area (Å²) in [6, 6.07) is 2.53. The van der Waals surface area contributed by atoms with Gasteiger partial charge in [-0.05, 0) is 38.2 Å². The Bertz CT molecular complexity index is 377. The first kappa shape index (κ1) is 14.6. The Balaban J connectivity index is 1.83. The normalized spacial score (nSPS) is 18.1. The van der Waals surface area contributed by atoms with E-state index in [4.69, 9.17) is 5.73 Å². The molecule has 1 heterocycles. The van der Waals surface area contributed by atoms with Gasteiger partial charge in [0.2, 0.25) is 0 Å². The van der Waals surface area contributed by atoms with Gasteiger partial charge >= 0.3 is 0 Å². The SMILES string of the molecule is CCc1cc(CC(N)CCC2CCCC2)n(CC)n1. The zero-order valence-corrected chi connectivity index (χ0v) is 12.6. The monoisotopic (exact) mass is 263 g/mol. The van der Waals surface area contributed by atoms with E-state index < -0.39 is 0 Å². The summed E-state index contributed by atoms with van der Waals surface area (Å²) >= 11 is 0. The van der Waals surface area contributed by atoms with Crippen molar-refractivity contribution in [1.82, 2.24) is 9.78 Å². The van der Waals surface area contributed by atoms with E-state index >= 15 is 0 Å². The van der Waals surface area contributed by atoms with Gasteiger partial charge < -0.3 is 5.73 Å². The van der Waals surface area contributed by atoms with Crippen molar-refractivity contribution >= 4 is 0 Å². The highest BCUT2D eigenvalue weighted by molar-refractivity contribution is 5.11. The van der Waals surface area contributed by atoms with Gasteiger partial charge in [-0.1, -0.05) is 32.6 Å². The van der Waals surface area contributed by atoms with Gasteiger partial charge in [-0.3, -0.25) is 4.68 Å². The first-order chi connectivity index (χ1) is 9.22. The van der Waals surface area contributed by atoms with E-state index in [0.29, 0.717) is 6.04 Å². The van der Waals surface area contributed by atoms with Crippen molar-refractivity contribution in [1.29, 1.82) is 0 Å². The number of nitrogens with zero attached hydrogens (tertiary/aromatic N) is 2. The number of hydrogen-bond donors (Lipinski definition) is 1. The van der Waals surface area contributed by atoms with Crippen LogP contribution in [0.4, 0.5) is 0 Å². The fraction of sp³-hybridized carbons (Fsp3) is 0.812. The number of rotatable bonds is 7. The maximum atomic E-state index is 6.32. The first-order valence-electron chi connectivity index (χ1n) is 8.04. The Morgan fingerprint density at radius 2 is 2.11 bits per heavy atom. The van der Waals surface area contributed by atoms with Crippen molar-refractivity contribution in [2.45, 2.75) is 77.8 Å². The second-order valence-corrected chi connectivity index (χ2v) is 5.99. The van der Waals surface area contributed by atoms with Gasteiger partial charge in [-0.2, -0.15) is 5.10 Å². The highest BCUT2D eigenvalue weighted by Gasteiger charge is 2.17. The third-order valence-electron chi connectivity index (χ3n) is 4.47. The van der Waals surface area contributed by atoms with Crippen molar-refractivity contribution in [2.75, 3.05) is 0 Å². The van der Waals surface area contributed by atoms with Crippen LogP contribution < -0.4 is 5.73 Å². The molecule has 1 atom stereocenters. The smallest absolute Gasteiger partial charge is 0.0624 e. The lowest BCUT2D eigenvalue weighted by Crippen LogP contribution is -2.25. The molecular weight excluding hydrogens is 234 g/mol.